The molecule has 0 unspecified atom stereocenters. The van der Waals surface area contributed by atoms with Crippen LogP contribution in [0, 0.1) is 0 Å². The van der Waals surface area contributed by atoms with Gasteiger partial charge in [-0.25, -0.2) is 0 Å². The Morgan fingerprint density at radius 2 is 2.11 bits per heavy atom. The van der Waals surface area contributed by atoms with E-state index in [4.69, 9.17) is 5.73 Å². The van der Waals surface area contributed by atoms with E-state index in [9.17, 15) is 0 Å². The molecule has 1 heterocycles. The highest BCUT2D eigenvalue weighted by atomic mass is 79.9. The fourth-order valence-corrected chi connectivity index (χ4v) is 2.36. The Labute approximate surface area is 122 Å². The zero-order chi connectivity index (χ0) is 13.7. The SMILES string of the molecule is CN(CCc1ccccn1)c1cc(Br)ccc1CN. The maximum absolute atomic E-state index is 5.79. The molecule has 0 aliphatic heterocycles. The number of benzene rings is 1. The molecule has 0 amide bonds. The lowest BCUT2D eigenvalue weighted by Crippen LogP contribution is -2.22. The molecule has 0 radical (unpaired) electrons. The normalized spacial score (nSPS) is 10.5. The summed E-state index contributed by atoms with van der Waals surface area (Å²) in [5.74, 6) is 0. The van der Waals surface area contributed by atoms with Crippen molar-refractivity contribution in [2.45, 2.75) is 13.0 Å². The molecule has 2 N–H and O–H groups in total. The molecule has 100 valence electrons. The minimum atomic E-state index is 0.552. The van der Waals surface area contributed by atoms with Crippen molar-refractivity contribution in [3.8, 4) is 0 Å². The van der Waals surface area contributed by atoms with E-state index in [2.05, 4.69) is 51.1 Å². The molecule has 19 heavy (non-hydrogen) atoms. The third-order valence-corrected chi connectivity index (χ3v) is 3.60. The van der Waals surface area contributed by atoms with Gasteiger partial charge in [0, 0.05) is 48.6 Å². The zero-order valence-electron chi connectivity index (χ0n) is 11.0. The third kappa shape index (κ3) is 3.78. The number of nitrogens with zero attached hydrogens (tertiary/aromatic N) is 2. The Bertz CT molecular complexity index is 528. The largest absolute Gasteiger partial charge is 0.374 e. The smallest absolute Gasteiger partial charge is 0.0421 e. The number of hydrogen-bond acceptors (Lipinski definition) is 3. The van der Waals surface area contributed by atoms with Crippen molar-refractivity contribution in [2.75, 3.05) is 18.5 Å². The van der Waals surface area contributed by atoms with Crippen LogP contribution in [0.1, 0.15) is 11.3 Å². The van der Waals surface area contributed by atoms with Crippen LogP contribution in [0.15, 0.2) is 47.1 Å². The van der Waals surface area contributed by atoms with Gasteiger partial charge in [-0.2, -0.15) is 0 Å². The molecule has 0 aliphatic rings. The van der Waals surface area contributed by atoms with Crippen LogP contribution in [-0.2, 0) is 13.0 Å². The van der Waals surface area contributed by atoms with Crippen molar-refractivity contribution in [1.82, 2.24) is 4.98 Å². The number of hydrogen-bond donors (Lipinski definition) is 1. The first kappa shape index (κ1) is 14.0. The number of rotatable bonds is 5. The van der Waals surface area contributed by atoms with Gasteiger partial charge in [0.1, 0.15) is 0 Å². The quantitative estimate of drug-likeness (QED) is 0.921. The summed E-state index contributed by atoms with van der Waals surface area (Å²) in [6.07, 6.45) is 2.76. The Hall–Kier alpha value is -1.39. The van der Waals surface area contributed by atoms with Gasteiger partial charge in [0.15, 0.2) is 0 Å². The molecule has 2 rings (SSSR count). The molecule has 0 aliphatic carbocycles. The number of halogens is 1. The van der Waals surface area contributed by atoms with E-state index in [1.807, 2.05) is 24.4 Å². The van der Waals surface area contributed by atoms with E-state index in [0.717, 1.165) is 28.7 Å². The van der Waals surface area contributed by atoms with Gasteiger partial charge in [0.05, 0.1) is 0 Å². The molecular weight excluding hydrogens is 302 g/mol. The summed E-state index contributed by atoms with van der Waals surface area (Å²) in [6.45, 7) is 1.47. The van der Waals surface area contributed by atoms with Gasteiger partial charge in [-0.15, -0.1) is 0 Å². The molecule has 1 aromatic heterocycles. The molecule has 0 atom stereocenters. The van der Waals surface area contributed by atoms with Gasteiger partial charge >= 0.3 is 0 Å². The monoisotopic (exact) mass is 319 g/mol. The van der Waals surface area contributed by atoms with Crippen LogP contribution in [0.3, 0.4) is 0 Å². The van der Waals surface area contributed by atoms with Crippen molar-refractivity contribution in [3.05, 3.63) is 58.3 Å². The van der Waals surface area contributed by atoms with Gasteiger partial charge in [0.25, 0.3) is 0 Å². The molecule has 4 heteroatoms. The summed E-state index contributed by atoms with van der Waals surface area (Å²) in [5, 5.41) is 0. The van der Waals surface area contributed by atoms with E-state index in [0.29, 0.717) is 6.54 Å². The summed E-state index contributed by atoms with van der Waals surface area (Å²) in [7, 11) is 2.09. The lowest BCUT2D eigenvalue weighted by molar-refractivity contribution is 0.844. The number of likely N-dealkylation sites (N-methyl/N-ethyl adjacent to an activating group) is 1. The van der Waals surface area contributed by atoms with E-state index in [-0.39, 0.29) is 0 Å². The standard InChI is InChI=1S/C15H18BrN3/c1-19(9-7-14-4-2-3-8-18-14)15-10-13(16)6-5-12(15)11-17/h2-6,8,10H,7,9,11,17H2,1H3. The van der Waals surface area contributed by atoms with Gasteiger partial charge in [0.2, 0.25) is 0 Å². The van der Waals surface area contributed by atoms with Crippen molar-refractivity contribution in [3.63, 3.8) is 0 Å². The van der Waals surface area contributed by atoms with Crippen LogP contribution in [0.4, 0.5) is 5.69 Å². The molecule has 0 spiro atoms. The second-order valence-corrected chi connectivity index (χ2v) is 5.39. The third-order valence-electron chi connectivity index (χ3n) is 3.11. The van der Waals surface area contributed by atoms with Crippen molar-refractivity contribution in [1.29, 1.82) is 0 Å². The van der Waals surface area contributed by atoms with Gasteiger partial charge < -0.3 is 10.6 Å². The fourth-order valence-electron chi connectivity index (χ4n) is 2.01. The predicted molar refractivity (Wildman–Crippen MR) is 83.2 cm³/mol. The Morgan fingerprint density at radius 1 is 1.26 bits per heavy atom. The van der Waals surface area contributed by atoms with Crippen LogP contribution in [0.2, 0.25) is 0 Å². The summed E-state index contributed by atoms with van der Waals surface area (Å²) in [5.41, 5.74) is 9.23. The van der Waals surface area contributed by atoms with Crippen molar-refractivity contribution < 1.29 is 0 Å². The second-order valence-electron chi connectivity index (χ2n) is 4.47. The van der Waals surface area contributed by atoms with Gasteiger partial charge in [-0.1, -0.05) is 28.1 Å². The van der Waals surface area contributed by atoms with E-state index < -0.39 is 0 Å². The van der Waals surface area contributed by atoms with E-state index >= 15 is 0 Å². The highest BCUT2D eigenvalue weighted by Gasteiger charge is 2.07. The highest BCUT2D eigenvalue weighted by Crippen LogP contribution is 2.24. The number of anilines is 1. The first-order valence-electron chi connectivity index (χ1n) is 6.30. The fraction of sp³-hybridized carbons (Fsp3) is 0.267. The molecule has 2 aromatic rings. The molecule has 0 fully saturated rings. The second kappa shape index (κ2) is 6.68. The highest BCUT2D eigenvalue weighted by molar-refractivity contribution is 9.10. The van der Waals surface area contributed by atoms with Crippen LogP contribution in [-0.4, -0.2) is 18.6 Å². The Kier molecular flexibility index (Phi) is 4.93. The Morgan fingerprint density at radius 3 is 2.79 bits per heavy atom. The molecule has 3 nitrogen and oxygen atoms in total. The molecular formula is C15H18BrN3. The van der Waals surface area contributed by atoms with Gasteiger partial charge in [-0.3, -0.25) is 4.98 Å². The lowest BCUT2D eigenvalue weighted by atomic mass is 10.1. The van der Waals surface area contributed by atoms with Crippen LogP contribution in [0.5, 0.6) is 0 Å². The first-order valence-corrected chi connectivity index (χ1v) is 7.09. The summed E-state index contributed by atoms with van der Waals surface area (Å²) in [6, 6.07) is 12.2. The van der Waals surface area contributed by atoms with Crippen LogP contribution >= 0.6 is 15.9 Å². The minimum absolute atomic E-state index is 0.552. The lowest BCUT2D eigenvalue weighted by Gasteiger charge is -2.22. The summed E-state index contributed by atoms with van der Waals surface area (Å²) < 4.78 is 1.07. The average Bonchev–Trinajstić information content (AvgIpc) is 2.46. The molecule has 0 bridgehead atoms. The van der Waals surface area contributed by atoms with Crippen molar-refractivity contribution in [2.24, 2.45) is 5.73 Å². The number of aromatic nitrogens is 1. The Balaban J connectivity index is 2.07. The average molecular weight is 320 g/mol. The van der Waals surface area contributed by atoms with Crippen LogP contribution in [0.25, 0.3) is 0 Å². The maximum Gasteiger partial charge on any atom is 0.0421 e. The van der Waals surface area contributed by atoms with Crippen LogP contribution < -0.4 is 10.6 Å². The summed E-state index contributed by atoms with van der Waals surface area (Å²) in [4.78, 5) is 6.57. The zero-order valence-corrected chi connectivity index (χ0v) is 12.6. The molecule has 1 aromatic carbocycles. The van der Waals surface area contributed by atoms with Gasteiger partial charge in [-0.05, 0) is 29.8 Å². The molecule has 0 saturated carbocycles. The van der Waals surface area contributed by atoms with E-state index in [1.54, 1.807) is 0 Å². The number of nitrogens with two attached hydrogens (primary N) is 1. The molecule has 0 saturated heterocycles. The van der Waals surface area contributed by atoms with Crippen molar-refractivity contribution >= 4 is 21.6 Å². The topological polar surface area (TPSA) is 42.2 Å². The minimum Gasteiger partial charge on any atom is -0.374 e. The van der Waals surface area contributed by atoms with E-state index in [1.165, 1.54) is 5.69 Å². The first-order chi connectivity index (χ1) is 9.20. The maximum atomic E-state index is 5.79. The summed E-state index contributed by atoms with van der Waals surface area (Å²) >= 11 is 3.51. The predicted octanol–water partition coefficient (Wildman–Crippen LogP) is 2.98. The number of pyridine rings is 1.